The first-order valence-electron chi connectivity index (χ1n) is 10.7. The maximum Gasteiger partial charge on any atom is 0.326 e. The third-order valence-corrected chi connectivity index (χ3v) is 4.35. The zero-order valence-corrected chi connectivity index (χ0v) is 18.0. The van der Waals surface area contributed by atoms with Crippen molar-refractivity contribution in [2.75, 3.05) is 0 Å². The van der Waals surface area contributed by atoms with Crippen LogP contribution in [0.1, 0.15) is 77.6 Å². The molecule has 0 radical (unpaired) electrons. The van der Waals surface area contributed by atoms with Crippen LogP contribution < -0.4 is 5.32 Å². The molecule has 0 aliphatic heterocycles. The highest BCUT2D eigenvalue weighted by molar-refractivity contribution is 5.83. The summed E-state index contributed by atoms with van der Waals surface area (Å²) in [4.78, 5) is 33.4. The molecule has 0 heterocycles. The van der Waals surface area contributed by atoms with E-state index in [-0.39, 0.29) is 25.2 Å². The van der Waals surface area contributed by atoms with E-state index < -0.39 is 24.1 Å². The van der Waals surface area contributed by atoms with Gasteiger partial charge in [0.25, 0.3) is 0 Å². The quantitative estimate of drug-likeness (QED) is 0.195. The molecule has 170 valence electrons. The minimum Gasteiger partial charge on any atom is -0.481 e. The number of carboxylic acids is 2. The number of allylic oxidation sites excluding steroid dienone is 5. The molecule has 0 aliphatic carbocycles. The number of carbonyl (C=O) groups excluding carboxylic acids is 1. The van der Waals surface area contributed by atoms with E-state index in [2.05, 4.69) is 29.6 Å². The van der Waals surface area contributed by atoms with Crippen molar-refractivity contribution in [2.24, 2.45) is 0 Å². The molecule has 0 saturated heterocycles. The summed E-state index contributed by atoms with van der Waals surface area (Å²) in [6.45, 7) is 1.73. The Kier molecular flexibility index (Phi) is 17.1. The van der Waals surface area contributed by atoms with E-state index in [0.29, 0.717) is 6.42 Å². The number of carboxylic acid groups (broad SMARTS) is 2. The van der Waals surface area contributed by atoms with Gasteiger partial charge in [0, 0.05) is 12.8 Å². The van der Waals surface area contributed by atoms with Crippen LogP contribution in [0, 0.1) is 0 Å². The van der Waals surface area contributed by atoms with Gasteiger partial charge < -0.3 is 20.6 Å². The largest absolute Gasteiger partial charge is 0.481 e. The molecule has 0 fully saturated rings. The van der Waals surface area contributed by atoms with Gasteiger partial charge in [-0.15, -0.1) is 0 Å². The molecule has 0 saturated carbocycles. The summed E-state index contributed by atoms with van der Waals surface area (Å²) in [6.07, 6.45) is 19.2. The van der Waals surface area contributed by atoms with Crippen molar-refractivity contribution in [3.8, 4) is 0 Å². The van der Waals surface area contributed by atoms with Crippen molar-refractivity contribution in [2.45, 2.75) is 89.7 Å². The number of nitrogens with one attached hydrogen (secondary N) is 1. The number of carbonyl (C=O) groups is 3. The number of hydrogen-bond donors (Lipinski definition) is 4. The molecule has 1 amide bonds. The second-order valence-electron chi connectivity index (χ2n) is 7.28. The van der Waals surface area contributed by atoms with Gasteiger partial charge in [0.1, 0.15) is 6.04 Å². The standard InChI is InChI=1S/C23H37NO6/c1-19(25)15-13-11-9-7-5-3-2-4-6-8-10-12-14-16-21(26)24-20(23(29)30)17-18-22(27)28/h2-3,7,9,13,15,19-20,25H,4-6,8,10-12,14,16-18H2,1H3,(H,24,26)(H,27,28)(H,29,30)/b3-2+,9-7+,15-13+/t19?,20-/m0/s1. The third-order valence-electron chi connectivity index (χ3n) is 4.35. The number of unbranched alkanes of at least 4 members (excludes halogenated alkanes) is 5. The zero-order valence-electron chi connectivity index (χ0n) is 18.0. The Bertz CT molecular complexity index is 580. The molecule has 1 unspecified atom stereocenters. The monoisotopic (exact) mass is 423 g/mol. The normalized spacial score (nSPS) is 13.8. The Hall–Kier alpha value is -2.41. The summed E-state index contributed by atoms with van der Waals surface area (Å²) in [7, 11) is 0. The minimum atomic E-state index is -1.21. The number of amides is 1. The molecule has 0 bridgehead atoms. The number of aliphatic hydroxyl groups excluding tert-OH is 1. The van der Waals surface area contributed by atoms with Crippen molar-refractivity contribution < 1.29 is 29.7 Å². The van der Waals surface area contributed by atoms with Gasteiger partial charge in [0.15, 0.2) is 0 Å². The number of aliphatic hydroxyl groups is 1. The Balaban J connectivity index is 3.66. The molecule has 0 spiro atoms. The Morgan fingerprint density at radius 1 is 0.833 bits per heavy atom. The topological polar surface area (TPSA) is 124 Å². The SMILES string of the molecule is CC(O)/C=C/C/C=C/C/C=C/CCCCCCCC(=O)N[C@@H](CCC(=O)O)C(=O)O. The first-order chi connectivity index (χ1) is 14.3. The van der Waals surface area contributed by atoms with Gasteiger partial charge >= 0.3 is 11.9 Å². The van der Waals surface area contributed by atoms with E-state index in [1.54, 1.807) is 13.0 Å². The van der Waals surface area contributed by atoms with Gasteiger partial charge in [-0.05, 0) is 45.4 Å². The van der Waals surface area contributed by atoms with E-state index in [0.717, 1.165) is 44.9 Å². The van der Waals surface area contributed by atoms with Gasteiger partial charge in [-0.2, -0.15) is 0 Å². The highest BCUT2D eigenvalue weighted by atomic mass is 16.4. The molecule has 0 rings (SSSR count). The number of aliphatic carboxylic acids is 2. The van der Waals surface area contributed by atoms with Crippen molar-refractivity contribution in [1.29, 1.82) is 0 Å². The fourth-order valence-corrected chi connectivity index (χ4v) is 2.71. The molecule has 0 aromatic heterocycles. The maximum atomic E-state index is 11.8. The number of rotatable bonds is 18. The maximum absolute atomic E-state index is 11.8. The summed E-state index contributed by atoms with van der Waals surface area (Å²) in [6, 6.07) is -1.14. The van der Waals surface area contributed by atoms with Crippen LogP contribution in [0.5, 0.6) is 0 Å². The van der Waals surface area contributed by atoms with Gasteiger partial charge in [-0.25, -0.2) is 4.79 Å². The molecule has 7 nitrogen and oxygen atoms in total. The minimum absolute atomic E-state index is 0.111. The molecular formula is C23H37NO6. The summed E-state index contributed by atoms with van der Waals surface area (Å²) in [5, 5.41) is 29.1. The van der Waals surface area contributed by atoms with Crippen LogP contribution in [0.15, 0.2) is 36.5 Å². The van der Waals surface area contributed by atoms with Gasteiger partial charge in [0.05, 0.1) is 6.10 Å². The highest BCUT2D eigenvalue weighted by Gasteiger charge is 2.20. The summed E-state index contributed by atoms with van der Waals surface area (Å²) in [5.41, 5.74) is 0. The lowest BCUT2D eigenvalue weighted by molar-refractivity contribution is -0.143. The molecule has 4 N–H and O–H groups in total. The Morgan fingerprint density at radius 3 is 2.07 bits per heavy atom. The summed E-state index contributed by atoms with van der Waals surface area (Å²) < 4.78 is 0. The lowest BCUT2D eigenvalue weighted by Gasteiger charge is -2.13. The number of hydrogen-bond acceptors (Lipinski definition) is 4. The van der Waals surface area contributed by atoms with Gasteiger partial charge in [-0.3, -0.25) is 9.59 Å². The fourth-order valence-electron chi connectivity index (χ4n) is 2.71. The highest BCUT2D eigenvalue weighted by Crippen LogP contribution is 2.08. The molecule has 2 atom stereocenters. The van der Waals surface area contributed by atoms with Gasteiger partial charge in [-0.1, -0.05) is 55.7 Å². The fraction of sp³-hybridized carbons (Fsp3) is 0.609. The van der Waals surface area contributed by atoms with Crippen LogP contribution in [0.25, 0.3) is 0 Å². The van der Waals surface area contributed by atoms with Crippen molar-refractivity contribution in [1.82, 2.24) is 5.32 Å². The second kappa shape index (κ2) is 18.6. The van der Waals surface area contributed by atoms with Crippen molar-refractivity contribution in [3.05, 3.63) is 36.5 Å². The first kappa shape index (κ1) is 27.6. The molecule has 0 aliphatic rings. The van der Waals surface area contributed by atoms with Crippen LogP contribution in [0.2, 0.25) is 0 Å². The average molecular weight is 424 g/mol. The zero-order chi connectivity index (χ0) is 22.6. The van der Waals surface area contributed by atoms with Crippen LogP contribution in [-0.4, -0.2) is 45.3 Å². The van der Waals surface area contributed by atoms with Crippen molar-refractivity contribution >= 4 is 17.8 Å². The van der Waals surface area contributed by atoms with E-state index in [1.807, 2.05) is 6.08 Å². The average Bonchev–Trinajstić information content (AvgIpc) is 2.67. The Morgan fingerprint density at radius 2 is 1.43 bits per heavy atom. The van der Waals surface area contributed by atoms with Crippen LogP contribution in [0.4, 0.5) is 0 Å². The van der Waals surface area contributed by atoms with Crippen LogP contribution >= 0.6 is 0 Å². The molecular weight excluding hydrogens is 386 g/mol. The smallest absolute Gasteiger partial charge is 0.326 e. The van der Waals surface area contributed by atoms with E-state index in [4.69, 9.17) is 15.3 Å². The third kappa shape index (κ3) is 18.9. The lowest BCUT2D eigenvalue weighted by atomic mass is 10.1. The Labute approximate surface area is 179 Å². The van der Waals surface area contributed by atoms with E-state index >= 15 is 0 Å². The van der Waals surface area contributed by atoms with Gasteiger partial charge in [0.2, 0.25) is 5.91 Å². The van der Waals surface area contributed by atoms with Crippen molar-refractivity contribution in [3.63, 3.8) is 0 Å². The van der Waals surface area contributed by atoms with Crippen LogP contribution in [-0.2, 0) is 14.4 Å². The molecule has 0 aromatic carbocycles. The van der Waals surface area contributed by atoms with E-state index in [1.165, 1.54) is 0 Å². The first-order valence-corrected chi connectivity index (χ1v) is 10.7. The summed E-state index contributed by atoms with van der Waals surface area (Å²) in [5.74, 6) is -2.63. The molecule has 30 heavy (non-hydrogen) atoms. The second-order valence-corrected chi connectivity index (χ2v) is 7.28. The summed E-state index contributed by atoms with van der Waals surface area (Å²) >= 11 is 0. The lowest BCUT2D eigenvalue weighted by Crippen LogP contribution is -2.41. The molecule has 7 heteroatoms. The van der Waals surface area contributed by atoms with Crippen LogP contribution in [0.3, 0.4) is 0 Å². The molecule has 0 aromatic rings. The predicted octanol–water partition coefficient (Wildman–Crippen LogP) is 3.98. The van der Waals surface area contributed by atoms with E-state index in [9.17, 15) is 14.4 Å². The predicted molar refractivity (Wildman–Crippen MR) is 117 cm³/mol.